The number of benzene rings is 1. The Morgan fingerprint density at radius 2 is 1.92 bits per heavy atom. The molecule has 0 aliphatic carbocycles. The molecule has 3 rings (SSSR count). The Kier molecular flexibility index (Phi) is 5.38. The number of para-hydroxylation sites is 1. The van der Waals surface area contributed by atoms with E-state index in [1.165, 1.54) is 0 Å². The quantitative estimate of drug-likeness (QED) is 0.789. The number of aryl methyl sites for hydroxylation is 1. The highest BCUT2D eigenvalue weighted by Crippen LogP contribution is 2.29. The normalized spacial score (nSPS) is 17.3. The van der Waals surface area contributed by atoms with Crippen molar-refractivity contribution >= 4 is 23.2 Å². The second-order valence-corrected chi connectivity index (χ2v) is 7.25. The van der Waals surface area contributed by atoms with E-state index in [9.17, 15) is 4.79 Å². The lowest BCUT2D eigenvalue weighted by Crippen LogP contribution is -2.33. The van der Waals surface area contributed by atoms with Crippen molar-refractivity contribution in [1.29, 1.82) is 0 Å². The Labute approximate surface area is 159 Å². The maximum Gasteiger partial charge on any atom is 0.256 e. The van der Waals surface area contributed by atoms with Gasteiger partial charge in [-0.25, -0.2) is 4.68 Å². The highest BCUT2D eigenvalue weighted by Gasteiger charge is 2.39. The zero-order valence-corrected chi connectivity index (χ0v) is 16.5. The van der Waals surface area contributed by atoms with Gasteiger partial charge in [-0.1, -0.05) is 18.2 Å². The molecule has 138 valence electrons. The first-order chi connectivity index (χ1) is 12.4. The summed E-state index contributed by atoms with van der Waals surface area (Å²) in [7, 11) is 4.05. The molecule has 0 unspecified atom stereocenters. The Bertz CT molecular complexity index is 815. The van der Waals surface area contributed by atoms with E-state index in [1.54, 1.807) is 4.90 Å². The van der Waals surface area contributed by atoms with Crippen LogP contribution in [0.2, 0.25) is 0 Å². The van der Waals surface area contributed by atoms with Crippen molar-refractivity contribution < 1.29 is 4.79 Å². The number of amides is 1. The van der Waals surface area contributed by atoms with Gasteiger partial charge in [0.15, 0.2) is 5.11 Å². The molecule has 1 aliphatic heterocycles. The summed E-state index contributed by atoms with van der Waals surface area (Å²) in [5.41, 5.74) is 3.69. The summed E-state index contributed by atoms with van der Waals surface area (Å²) in [6.45, 7) is 5.48. The molecule has 0 saturated carbocycles. The Morgan fingerprint density at radius 3 is 2.58 bits per heavy atom. The molecule has 1 N–H and O–H groups in total. The van der Waals surface area contributed by atoms with Crippen LogP contribution in [0.1, 0.15) is 29.4 Å². The van der Waals surface area contributed by atoms with Gasteiger partial charge in [0.1, 0.15) is 6.04 Å². The summed E-state index contributed by atoms with van der Waals surface area (Å²) in [6.07, 6.45) is 0.883. The number of hydrogen-bond acceptors (Lipinski definition) is 4. The number of rotatable bonds is 6. The monoisotopic (exact) mass is 371 g/mol. The Hall–Kier alpha value is -2.25. The maximum atomic E-state index is 13.0. The van der Waals surface area contributed by atoms with Gasteiger partial charge in [-0.05, 0) is 65.3 Å². The first-order valence-electron chi connectivity index (χ1n) is 8.78. The summed E-state index contributed by atoms with van der Waals surface area (Å²) in [4.78, 5) is 16.8. The van der Waals surface area contributed by atoms with E-state index in [1.807, 2.05) is 63.0 Å². The molecular formula is C19H25N5OS. The van der Waals surface area contributed by atoms with E-state index in [0.29, 0.717) is 11.7 Å². The lowest BCUT2D eigenvalue weighted by atomic mass is 10.0. The SMILES string of the molecule is Cc1nn(-c2ccccc2)c(C)c1[C@H]1NC(=S)N(CCCN(C)C)C1=O. The van der Waals surface area contributed by atoms with Crippen LogP contribution in [0.4, 0.5) is 0 Å². The molecule has 1 fully saturated rings. The summed E-state index contributed by atoms with van der Waals surface area (Å²) >= 11 is 5.41. The van der Waals surface area contributed by atoms with Gasteiger partial charge >= 0.3 is 0 Å². The molecule has 1 saturated heterocycles. The average molecular weight is 372 g/mol. The van der Waals surface area contributed by atoms with Gasteiger partial charge in [-0.15, -0.1) is 0 Å². The van der Waals surface area contributed by atoms with Gasteiger partial charge in [0.05, 0.1) is 11.4 Å². The van der Waals surface area contributed by atoms with Crippen LogP contribution in [0.25, 0.3) is 5.69 Å². The number of nitrogens with zero attached hydrogens (tertiary/aromatic N) is 4. The third-order valence-electron chi connectivity index (χ3n) is 4.65. The van der Waals surface area contributed by atoms with Crippen molar-refractivity contribution in [2.24, 2.45) is 0 Å². The maximum absolute atomic E-state index is 13.0. The molecule has 2 heterocycles. The molecule has 1 aromatic heterocycles. The summed E-state index contributed by atoms with van der Waals surface area (Å²) in [6, 6.07) is 9.48. The predicted octanol–water partition coefficient (Wildman–Crippen LogP) is 2.20. The zero-order valence-electron chi connectivity index (χ0n) is 15.7. The standard InChI is InChI=1S/C19H25N5OS/c1-13-16(14(2)24(21-13)15-9-6-5-7-10-15)17-18(25)23(19(26)20-17)12-8-11-22(3)4/h5-7,9-10,17H,8,11-12H2,1-4H3,(H,20,26)/t17-/m1/s1. The minimum absolute atomic E-state index is 0.00701. The van der Waals surface area contributed by atoms with Crippen LogP contribution < -0.4 is 5.32 Å². The number of aromatic nitrogens is 2. The van der Waals surface area contributed by atoms with Gasteiger partial charge in [0.25, 0.3) is 5.91 Å². The third-order valence-corrected chi connectivity index (χ3v) is 4.99. The number of nitrogens with one attached hydrogen (secondary N) is 1. The molecule has 0 radical (unpaired) electrons. The fraction of sp³-hybridized carbons (Fsp3) is 0.421. The van der Waals surface area contributed by atoms with Gasteiger partial charge in [0, 0.05) is 17.8 Å². The Balaban J connectivity index is 1.85. The minimum Gasteiger partial charge on any atom is -0.347 e. The fourth-order valence-electron chi connectivity index (χ4n) is 3.36. The van der Waals surface area contributed by atoms with E-state index in [0.717, 1.165) is 35.6 Å². The smallest absolute Gasteiger partial charge is 0.256 e. The van der Waals surface area contributed by atoms with Gasteiger partial charge in [-0.3, -0.25) is 9.69 Å². The van der Waals surface area contributed by atoms with Crippen LogP contribution in [0.15, 0.2) is 30.3 Å². The predicted molar refractivity (Wildman–Crippen MR) is 106 cm³/mol. The lowest BCUT2D eigenvalue weighted by Gasteiger charge is -2.16. The van der Waals surface area contributed by atoms with E-state index < -0.39 is 6.04 Å². The lowest BCUT2D eigenvalue weighted by molar-refractivity contribution is -0.127. The van der Waals surface area contributed by atoms with Crippen LogP contribution in [0.3, 0.4) is 0 Å². The number of thiocarbonyl (C=S) groups is 1. The van der Waals surface area contributed by atoms with Crippen LogP contribution in [-0.4, -0.2) is 57.8 Å². The largest absolute Gasteiger partial charge is 0.347 e. The highest BCUT2D eigenvalue weighted by atomic mass is 32.1. The highest BCUT2D eigenvalue weighted by molar-refractivity contribution is 7.80. The van der Waals surface area contributed by atoms with Gasteiger partial charge < -0.3 is 10.2 Å². The van der Waals surface area contributed by atoms with Crippen LogP contribution >= 0.6 is 12.2 Å². The number of hydrogen-bond donors (Lipinski definition) is 1. The van der Waals surface area contributed by atoms with E-state index in [4.69, 9.17) is 12.2 Å². The van der Waals surface area contributed by atoms with Crippen molar-refractivity contribution in [3.63, 3.8) is 0 Å². The molecule has 6 nitrogen and oxygen atoms in total. The van der Waals surface area contributed by atoms with Gasteiger partial charge in [0.2, 0.25) is 0 Å². The summed E-state index contributed by atoms with van der Waals surface area (Å²) in [5, 5.41) is 8.35. The van der Waals surface area contributed by atoms with Gasteiger partial charge in [-0.2, -0.15) is 5.10 Å². The Morgan fingerprint density at radius 1 is 1.23 bits per heavy atom. The minimum atomic E-state index is -0.459. The van der Waals surface area contributed by atoms with E-state index in [2.05, 4.69) is 15.3 Å². The van der Waals surface area contributed by atoms with Crippen molar-refractivity contribution in [3.8, 4) is 5.69 Å². The van der Waals surface area contributed by atoms with Crippen molar-refractivity contribution in [1.82, 2.24) is 24.9 Å². The van der Waals surface area contributed by atoms with Crippen LogP contribution in [0, 0.1) is 13.8 Å². The summed E-state index contributed by atoms with van der Waals surface area (Å²) < 4.78 is 1.89. The molecule has 1 amide bonds. The molecule has 26 heavy (non-hydrogen) atoms. The second-order valence-electron chi connectivity index (χ2n) is 6.86. The van der Waals surface area contributed by atoms with Crippen LogP contribution in [0.5, 0.6) is 0 Å². The summed E-state index contributed by atoms with van der Waals surface area (Å²) in [5.74, 6) is 0.00701. The van der Waals surface area contributed by atoms with E-state index >= 15 is 0 Å². The molecule has 1 aromatic carbocycles. The molecule has 0 bridgehead atoms. The molecular weight excluding hydrogens is 346 g/mol. The molecule has 2 aromatic rings. The molecule has 7 heteroatoms. The fourth-order valence-corrected chi connectivity index (χ4v) is 3.66. The molecule has 1 atom stereocenters. The second kappa shape index (κ2) is 7.55. The molecule has 0 spiro atoms. The first-order valence-corrected chi connectivity index (χ1v) is 9.19. The number of carbonyl (C=O) groups is 1. The van der Waals surface area contributed by atoms with Crippen molar-refractivity contribution in [2.75, 3.05) is 27.2 Å². The first kappa shape index (κ1) is 18.5. The zero-order chi connectivity index (χ0) is 18.8. The topological polar surface area (TPSA) is 53.4 Å². The third kappa shape index (κ3) is 3.50. The average Bonchev–Trinajstić information content (AvgIpc) is 3.05. The van der Waals surface area contributed by atoms with Crippen LogP contribution in [-0.2, 0) is 4.79 Å². The van der Waals surface area contributed by atoms with E-state index in [-0.39, 0.29) is 5.91 Å². The number of carbonyl (C=O) groups excluding carboxylic acids is 1. The van der Waals surface area contributed by atoms with Crippen molar-refractivity contribution in [2.45, 2.75) is 26.3 Å². The molecule has 1 aliphatic rings. The van der Waals surface area contributed by atoms with Crippen molar-refractivity contribution in [3.05, 3.63) is 47.3 Å².